The second-order valence-corrected chi connectivity index (χ2v) is 10.3. The van der Waals surface area contributed by atoms with E-state index in [-0.39, 0.29) is 18.9 Å². The number of benzene rings is 4. The fourth-order valence-corrected chi connectivity index (χ4v) is 6.25. The summed E-state index contributed by atoms with van der Waals surface area (Å²) in [5, 5.41) is 0. The predicted molar refractivity (Wildman–Crippen MR) is 148 cm³/mol. The van der Waals surface area contributed by atoms with Gasteiger partial charge in [0.15, 0.2) is 0 Å². The fraction of sp³-hybridized carbons (Fsp3) is 0.250. The van der Waals surface area contributed by atoms with Gasteiger partial charge in [-0.25, -0.2) is 0 Å². The van der Waals surface area contributed by atoms with Crippen molar-refractivity contribution in [3.63, 3.8) is 0 Å². The first-order chi connectivity index (χ1) is 15.6. The van der Waals surface area contributed by atoms with Gasteiger partial charge in [0.25, 0.3) is 0 Å². The summed E-state index contributed by atoms with van der Waals surface area (Å²) in [5.41, 5.74) is 16.3. The first-order valence-electron chi connectivity index (χ1n) is 12.1. The summed E-state index contributed by atoms with van der Waals surface area (Å²) in [7, 11) is 0. The topological polar surface area (TPSA) is 0 Å². The van der Waals surface area contributed by atoms with Crippen LogP contribution in [-0.2, 0) is 0 Å². The van der Waals surface area contributed by atoms with Gasteiger partial charge in [0.2, 0.25) is 0 Å². The first kappa shape index (κ1) is 26.2. The van der Waals surface area contributed by atoms with Crippen LogP contribution in [0.15, 0.2) is 72.8 Å². The Morgan fingerprint density at radius 1 is 0.353 bits per heavy atom. The minimum absolute atomic E-state index is 0. The molecule has 4 aromatic rings. The van der Waals surface area contributed by atoms with E-state index in [0.29, 0.717) is 0 Å². The normalized spacial score (nSPS) is 11.3. The smallest absolute Gasteiger partial charge is 0.192 e. The molecular weight excluding hydrogens is 402 g/mol. The molecule has 0 unspecified atom stereocenters. The van der Waals surface area contributed by atoms with Crippen molar-refractivity contribution in [1.29, 1.82) is 0 Å². The Morgan fingerprint density at radius 2 is 0.559 bits per heavy atom. The molecule has 0 aliphatic carbocycles. The second-order valence-electron chi connectivity index (χ2n) is 10.3. The maximum Gasteiger partial charge on any atom is 1.00 e. The van der Waals surface area contributed by atoms with E-state index >= 15 is 0 Å². The van der Waals surface area contributed by atoms with Gasteiger partial charge in [0.1, 0.15) is 6.15 Å². The number of hydrogen-bond acceptors (Lipinski definition) is 0. The quantitative estimate of drug-likeness (QED) is 0.430. The molecule has 0 atom stereocenters. The molecule has 0 fully saturated rings. The summed E-state index contributed by atoms with van der Waals surface area (Å²) in [6.45, 7) is 17.9. The number of aryl methyl sites for hydroxylation is 8. The molecule has 0 N–H and O–H groups in total. The van der Waals surface area contributed by atoms with Gasteiger partial charge in [0.05, 0.1) is 0 Å². The minimum Gasteiger partial charge on any atom is -0.192 e. The van der Waals surface area contributed by atoms with Crippen LogP contribution in [0.3, 0.4) is 0 Å². The van der Waals surface area contributed by atoms with Gasteiger partial charge in [-0.3, -0.25) is 0 Å². The molecule has 0 aromatic heterocycles. The SMILES string of the molecule is Cc1ccc([B-](c2ccc(C)cc2C)(c2ccc(C)cc2C)c2ccc(C)cc2C)c(C)c1.[Li+]. The molecule has 0 radical (unpaired) electrons. The van der Waals surface area contributed by atoms with Crippen molar-refractivity contribution in [1.82, 2.24) is 0 Å². The summed E-state index contributed by atoms with van der Waals surface area (Å²) in [4.78, 5) is 0. The molecule has 0 bridgehead atoms. The van der Waals surface area contributed by atoms with Crippen LogP contribution in [0.5, 0.6) is 0 Å². The van der Waals surface area contributed by atoms with E-state index in [1.165, 1.54) is 66.4 Å². The van der Waals surface area contributed by atoms with E-state index in [9.17, 15) is 0 Å². The summed E-state index contributed by atoms with van der Waals surface area (Å²) in [6, 6.07) is 28.1. The molecule has 4 rings (SSSR count). The molecular formula is C32H36BLi. The average Bonchev–Trinajstić information content (AvgIpc) is 2.72. The van der Waals surface area contributed by atoms with Gasteiger partial charge in [-0.1, -0.05) is 117 Å². The molecule has 0 heterocycles. The van der Waals surface area contributed by atoms with Crippen molar-refractivity contribution >= 4 is 28.0 Å². The molecule has 0 saturated carbocycles. The first-order valence-corrected chi connectivity index (χ1v) is 12.1. The standard InChI is InChI=1S/C32H36B.Li/c1-21-9-13-29(25(5)17-21)33(30-14-10-22(2)18-26(30)6,31-15-11-23(3)19-27(31)7)32-16-12-24(4)20-28(32)8;/h9-20H,1-8H3;/q-1;+1. The Labute approximate surface area is 218 Å². The van der Waals surface area contributed by atoms with Gasteiger partial charge >= 0.3 is 18.9 Å². The van der Waals surface area contributed by atoms with Crippen LogP contribution in [0.1, 0.15) is 44.5 Å². The Morgan fingerprint density at radius 3 is 0.735 bits per heavy atom. The van der Waals surface area contributed by atoms with E-state index < -0.39 is 6.15 Å². The maximum absolute atomic E-state index is 2.39. The number of hydrogen-bond donors (Lipinski definition) is 0. The van der Waals surface area contributed by atoms with Crippen molar-refractivity contribution < 1.29 is 18.9 Å². The predicted octanol–water partition coefficient (Wildman–Crippen LogP) is 2.54. The Hall–Kier alpha value is -2.46. The van der Waals surface area contributed by atoms with Crippen LogP contribution in [-0.4, -0.2) is 6.15 Å². The van der Waals surface area contributed by atoms with Crippen LogP contribution in [0.2, 0.25) is 0 Å². The van der Waals surface area contributed by atoms with Gasteiger partial charge in [0, 0.05) is 0 Å². The molecule has 0 nitrogen and oxygen atoms in total. The molecule has 0 spiro atoms. The average molecular weight is 438 g/mol. The molecule has 168 valence electrons. The van der Waals surface area contributed by atoms with Crippen LogP contribution in [0.25, 0.3) is 0 Å². The zero-order valence-corrected chi connectivity index (χ0v) is 22.5. The van der Waals surface area contributed by atoms with E-state index in [1.54, 1.807) is 0 Å². The molecule has 4 aromatic carbocycles. The Bertz CT molecular complexity index is 1140. The fourth-order valence-electron chi connectivity index (χ4n) is 6.25. The minimum atomic E-state index is -1.38. The van der Waals surface area contributed by atoms with E-state index in [0.717, 1.165) is 0 Å². The zero-order chi connectivity index (χ0) is 23.9. The monoisotopic (exact) mass is 438 g/mol. The summed E-state index contributed by atoms with van der Waals surface area (Å²) in [6.07, 6.45) is -1.38. The van der Waals surface area contributed by atoms with Crippen molar-refractivity contribution in [2.45, 2.75) is 55.4 Å². The van der Waals surface area contributed by atoms with Crippen LogP contribution in [0.4, 0.5) is 0 Å². The van der Waals surface area contributed by atoms with Gasteiger partial charge in [-0.2, -0.15) is 21.9 Å². The van der Waals surface area contributed by atoms with E-state index in [1.807, 2.05) is 0 Å². The van der Waals surface area contributed by atoms with Gasteiger partial charge in [-0.05, 0) is 55.4 Å². The second kappa shape index (κ2) is 10.0. The third-order valence-corrected chi connectivity index (χ3v) is 7.57. The third kappa shape index (κ3) is 4.45. The zero-order valence-electron chi connectivity index (χ0n) is 22.5. The molecule has 0 amide bonds. The maximum atomic E-state index is 2.39. The van der Waals surface area contributed by atoms with Crippen LogP contribution < -0.4 is 40.7 Å². The van der Waals surface area contributed by atoms with Crippen molar-refractivity contribution in [2.75, 3.05) is 0 Å². The van der Waals surface area contributed by atoms with Crippen LogP contribution >= 0.6 is 0 Å². The van der Waals surface area contributed by atoms with E-state index in [2.05, 4.69) is 128 Å². The Balaban J connectivity index is 0.00000324. The van der Waals surface area contributed by atoms with Crippen molar-refractivity contribution in [3.8, 4) is 0 Å². The van der Waals surface area contributed by atoms with E-state index in [4.69, 9.17) is 0 Å². The molecule has 0 aliphatic heterocycles. The largest absolute Gasteiger partial charge is 1.00 e. The Kier molecular flexibility index (Phi) is 7.72. The van der Waals surface area contributed by atoms with Crippen molar-refractivity contribution in [3.05, 3.63) is 117 Å². The third-order valence-electron chi connectivity index (χ3n) is 7.57. The molecule has 0 aliphatic rings. The number of rotatable bonds is 4. The summed E-state index contributed by atoms with van der Waals surface area (Å²) in [5.74, 6) is 0. The van der Waals surface area contributed by atoms with Crippen molar-refractivity contribution in [2.24, 2.45) is 0 Å². The van der Waals surface area contributed by atoms with Gasteiger partial charge < -0.3 is 0 Å². The molecule has 0 saturated heterocycles. The van der Waals surface area contributed by atoms with Crippen LogP contribution in [0, 0.1) is 55.4 Å². The van der Waals surface area contributed by atoms with Gasteiger partial charge in [-0.15, -0.1) is 0 Å². The summed E-state index contributed by atoms with van der Waals surface area (Å²) < 4.78 is 0. The molecule has 2 heteroatoms. The summed E-state index contributed by atoms with van der Waals surface area (Å²) >= 11 is 0. The molecule has 34 heavy (non-hydrogen) atoms.